The van der Waals surface area contributed by atoms with Crippen LogP contribution in [0.3, 0.4) is 0 Å². The number of aromatic hydroxyl groups is 1. The van der Waals surface area contributed by atoms with E-state index in [9.17, 15) is 5.11 Å². The van der Waals surface area contributed by atoms with Crippen molar-refractivity contribution < 1.29 is 9.84 Å². The lowest BCUT2D eigenvalue weighted by molar-refractivity contribution is 0.405. The van der Waals surface area contributed by atoms with E-state index >= 15 is 0 Å². The summed E-state index contributed by atoms with van der Waals surface area (Å²) in [6.45, 7) is 5.59. The highest BCUT2D eigenvalue weighted by Crippen LogP contribution is 2.32. The van der Waals surface area contributed by atoms with Crippen molar-refractivity contribution in [3.05, 3.63) is 30.3 Å². The number of benzene rings is 1. The van der Waals surface area contributed by atoms with Gasteiger partial charge in [-0.05, 0) is 24.6 Å². The Hall–Kier alpha value is -1.44. The van der Waals surface area contributed by atoms with Crippen molar-refractivity contribution in [3.8, 4) is 11.5 Å². The lowest BCUT2D eigenvalue weighted by Gasteiger charge is -2.08. The Bertz CT molecular complexity index is 303. The third kappa shape index (κ3) is 1.42. The maximum atomic E-state index is 9.45. The molecule has 0 fully saturated rings. The van der Waals surface area contributed by atoms with Gasteiger partial charge in [-0.2, -0.15) is 0 Å². The smallest absolute Gasteiger partial charge is 0.130 e. The van der Waals surface area contributed by atoms with Crippen LogP contribution in [-0.4, -0.2) is 12.2 Å². The molecule has 0 saturated heterocycles. The first-order valence-electron chi connectivity index (χ1n) is 3.68. The van der Waals surface area contributed by atoms with Gasteiger partial charge in [0.2, 0.25) is 0 Å². The van der Waals surface area contributed by atoms with Crippen LogP contribution >= 0.6 is 0 Å². The Morgan fingerprint density at radius 2 is 2.17 bits per heavy atom. The van der Waals surface area contributed by atoms with Gasteiger partial charge in [-0.15, -0.1) is 0 Å². The highest BCUT2D eigenvalue weighted by Gasteiger charge is 2.07. The number of allylic oxidation sites excluding steroid dienone is 1. The van der Waals surface area contributed by atoms with Gasteiger partial charge >= 0.3 is 0 Å². The second-order valence-electron chi connectivity index (χ2n) is 2.63. The summed E-state index contributed by atoms with van der Waals surface area (Å²) < 4.78 is 5.07. The second-order valence-corrected chi connectivity index (χ2v) is 2.63. The Kier molecular flexibility index (Phi) is 2.38. The van der Waals surface area contributed by atoms with Gasteiger partial charge in [0.15, 0.2) is 0 Å². The summed E-state index contributed by atoms with van der Waals surface area (Å²) in [5.74, 6) is 0.865. The molecule has 1 N–H and O–H groups in total. The van der Waals surface area contributed by atoms with Crippen LogP contribution in [0.4, 0.5) is 0 Å². The van der Waals surface area contributed by atoms with Crippen molar-refractivity contribution in [1.29, 1.82) is 0 Å². The number of methoxy groups -OCH3 is 1. The normalized spacial score (nSPS) is 9.50. The fourth-order valence-corrected chi connectivity index (χ4v) is 1.12. The highest BCUT2D eigenvalue weighted by molar-refractivity contribution is 5.72. The fourth-order valence-electron chi connectivity index (χ4n) is 1.12. The van der Waals surface area contributed by atoms with Gasteiger partial charge < -0.3 is 9.84 Å². The molecule has 0 spiro atoms. The average Bonchev–Trinajstić information content (AvgIpc) is 2.03. The molecule has 12 heavy (non-hydrogen) atoms. The predicted molar refractivity (Wildman–Crippen MR) is 49.4 cm³/mol. The van der Waals surface area contributed by atoms with Crippen molar-refractivity contribution in [2.45, 2.75) is 6.92 Å². The Labute approximate surface area is 72.1 Å². The lowest BCUT2D eigenvalue weighted by Crippen LogP contribution is -1.89. The summed E-state index contributed by atoms with van der Waals surface area (Å²) in [6, 6.07) is 5.15. The first-order chi connectivity index (χ1) is 5.66. The minimum absolute atomic E-state index is 0.210. The molecule has 0 saturated carbocycles. The minimum Gasteiger partial charge on any atom is -0.507 e. The topological polar surface area (TPSA) is 29.5 Å². The minimum atomic E-state index is 0.210. The summed E-state index contributed by atoms with van der Waals surface area (Å²) in [6.07, 6.45) is 0. The molecule has 1 rings (SSSR count). The first kappa shape index (κ1) is 8.65. The molecule has 0 atom stereocenters. The Balaban J connectivity index is 3.29. The van der Waals surface area contributed by atoms with E-state index in [-0.39, 0.29) is 5.75 Å². The number of rotatable bonds is 2. The second kappa shape index (κ2) is 3.30. The summed E-state index contributed by atoms with van der Waals surface area (Å²) in [4.78, 5) is 0. The number of phenolic OH excluding ortho intramolecular Hbond substituents is 1. The molecule has 0 aliphatic rings. The van der Waals surface area contributed by atoms with Crippen molar-refractivity contribution in [2.24, 2.45) is 0 Å². The van der Waals surface area contributed by atoms with Crippen LogP contribution in [0.1, 0.15) is 12.5 Å². The molecule has 0 aliphatic heterocycles. The SMILES string of the molecule is C=C(C)c1c(O)cccc1OC. The van der Waals surface area contributed by atoms with Crippen LogP contribution in [-0.2, 0) is 0 Å². The number of hydrogen-bond donors (Lipinski definition) is 1. The molecule has 0 amide bonds. The standard InChI is InChI=1S/C10H12O2/c1-7(2)10-8(11)5-4-6-9(10)12-3/h4-6,11H,1H2,2-3H3. The van der Waals surface area contributed by atoms with E-state index in [4.69, 9.17) is 4.74 Å². The molecule has 0 unspecified atom stereocenters. The summed E-state index contributed by atoms with van der Waals surface area (Å²) in [5.41, 5.74) is 1.48. The van der Waals surface area contributed by atoms with Gasteiger partial charge in [-0.3, -0.25) is 0 Å². The van der Waals surface area contributed by atoms with Gasteiger partial charge in [-0.1, -0.05) is 12.6 Å². The number of ether oxygens (including phenoxy) is 1. The predicted octanol–water partition coefficient (Wildman–Crippen LogP) is 2.43. The zero-order chi connectivity index (χ0) is 9.14. The monoisotopic (exact) mass is 164 g/mol. The maximum absolute atomic E-state index is 9.45. The van der Waals surface area contributed by atoms with Crippen LogP contribution in [0.15, 0.2) is 24.8 Å². The van der Waals surface area contributed by atoms with E-state index in [2.05, 4.69) is 6.58 Å². The van der Waals surface area contributed by atoms with Crippen LogP contribution in [0, 0.1) is 0 Å². The Morgan fingerprint density at radius 1 is 1.50 bits per heavy atom. The van der Waals surface area contributed by atoms with E-state index in [1.165, 1.54) is 0 Å². The van der Waals surface area contributed by atoms with E-state index in [1.807, 2.05) is 6.92 Å². The van der Waals surface area contributed by atoms with Gasteiger partial charge in [-0.25, -0.2) is 0 Å². The fraction of sp³-hybridized carbons (Fsp3) is 0.200. The van der Waals surface area contributed by atoms with E-state index in [0.29, 0.717) is 11.3 Å². The molecule has 1 aromatic rings. The van der Waals surface area contributed by atoms with Crippen LogP contribution in [0.25, 0.3) is 5.57 Å². The first-order valence-corrected chi connectivity index (χ1v) is 3.68. The molecular formula is C10H12O2. The van der Waals surface area contributed by atoms with Crippen molar-refractivity contribution in [3.63, 3.8) is 0 Å². The average molecular weight is 164 g/mol. The summed E-state index contributed by atoms with van der Waals surface area (Å²) in [5, 5.41) is 9.45. The van der Waals surface area contributed by atoms with E-state index < -0.39 is 0 Å². The van der Waals surface area contributed by atoms with Gasteiger partial charge in [0, 0.05) is 0 Å². The van der Waals surface area contributed by atoms with Gasteiger partial charge in [0.25, 0.3) is 0 Å². The van der Waals surface area contributed by atoms with Crippen LogP contribution in [0.2, 0.25) is 0 Å². The van der Waals surface area contributed by atoms with E-state index in [0.717, 1.165) is 5.57 Å². The lowest BCUT2D eigenvalue weighted by atomic mass is 10.1. The molecule has 0 heterocycles. The zero-order valence-corrected chi connectivity index (χ0v) is 7.29. The zero-order valence-electron chi connectivity index (χ0n) is 7.29. The number of hydrogen-bond acceptors (Lipinski definition) is 2. The highest BCUT2D eigenvalue weighted by atomic mass is 16.5. The van der Waals surface area contributed by atoms with Crippen molar-refractivity contribution in [1.82, 2.24) is 0 Å². The molecule has 1 aromatic carbocycles. The largest absolute Gasteiger partial charge is 0.507 e. The third-order valence-corrected chi connectivity index (χ3v) is 1.65. The van der Waals surface area contributed by atoms with Crippen LogP contribution < -0.4 is 4.74 Å². The molecular weight excluding hydrogens is 152 g/mol. The van der Waals surface area contributed by atoms with Crippen molar-refractivity contribution >= 4 is 5.57 Å². The van der Waals surface area contributed by atoms with Gasteiger partial charge in [0.05, 0.1) is 12.7 Å². The molecule has 0 radical (unpaired) electrons. The summed E-state index contributed by atoms with van der Waals surface area (Å²) >= 11 is 0. The quantitative estimate of drug-likeness (QED) is 0.727. The third-order valence-electron chi connectivity index (χ3n) is 1.65. The molecule has 2 nitrogen and oxygen atoms in total. The summed E-state index contributed by atoms with van der Waals surface area (Å²) in [7, 11) is 1.57. The maximum Gasteiger partial charge on any atom is 0.130 e. The molecule has 0 aliphatic carbocycles. The molecule has 64 valence electrons. The van der Waals surface area contributed by atoms with Crippen molar-refractivity contribution in [2.75, 3.05) is 7.11 Å². The molecule has 0 bridgehead atoms. The van der Waals surface area contributed by atoms with E-state index in [1.54, 1.807) is 25.3 Å². The molecule has 0 aromatic heterocycles. The van der Waals surface area contributed by atoms with Gasteiger partial charge in [0.1, 0.15) is 11.5 Å². The Morgan fingerprint density at radius 3 is 2.58 bits per heavy atom. The molecule has 2 heteroatoms. The number of phenols is 1. The van der Waals surface area contributed by atoms with Crippen LogP contribution in [0.5, 0.6) is 11.5 Å².